The lowest BCUT2D eigenvalue weighted by Gasteiger charge is -2.49. The summed E-state index contributed by atoms with van der Waals surface area (Å²) in [5.41, 5.74) is 4.73. The monoisotopic (exact) mass is 557 g/mol. The van der Waals surface area contributed by atoms with Crippen molar-refractivity contribution in [1.29, 1.82) is 0 Å². The molecule has 2 amide bonds. The van der Waals surface area contributed by atoms with E-state index in [1.54, 1.807) is 20.8 Å². The van der Waals surface area contributed by atoms with Gasteiger partial charge in [-0.15, -0.1) is 34.9 Å². The standard InChI is InChI=1S/C21H27N5O7S3/c1-5-6-34-11-9-35-18-14(17(29)26(18)15(11)19(30)31)24-16(28)13(10-8-36-20(22)23-10)25-32-7-12(27)33-21(2,3)4/h8,14,18H,5-7,9H2,1-4H3,(H2,22,23)(H,24,28)(H,30,31)/b25-13+/t14?,18-/m1/s1. The van der Waals surface area contributed by atoms with Crippen LogP contribution < -0.4 is 11.1 Å². The zero-order valence-electron chi connectivity index (χ0n) is 20.1. The van der Waals surface area contributed by atoms with E-state index in [0.717, 1.165) is 23.5 Å². The van der Waals surface area contributed by atoms with Gasteiger partial charge in [0, 0.05) is 16.0 Å². The van der Waals surface area contributed by atoms with Crippen molar-refractivity contribution in [2.45, 2.75) is 51.1 Å². The number of esters is 1. The van der Waals surface area contributed by atoms with E-state index in [4.69, 9.17) is 15.3 Å². The van der Waals surface area contributed by atoms with E-state index in [0.29, 0.717) is 10.7 Å². The zero-order valence-corrected chi connectivity index (χ0v) is 22.6. The number of oxime groups is 1. The number of thioether (sulfide) groups is 2. The smallest absolute Gasteiger partial charge is 0.353 e. The fourth-order valence-electron chi connectivity index (χ4n) is 3.26. The number of carbonyl (C=O) groups is 4. The number of hydrogen-bond acceptors (Lipinski definition) is 12. The highest BCUT2D eigenvalue weighted by Gasteiger charge is 2.54. The number of amides is 2. The molecule has 2 atom stereocenters. The Morgan fingerprint density at radius 1 is 1.39 bits per heavy atom. The lowest BCUT2D eigenvalue weighted by molar-refractivity contribution is -0.160. The molecule has 0 aromatic carbocycles. The molecule has 196 valence electrons. The van der Waals surface area contributed by atoms with E-state index in [-0.39, 0.29) is 22.2 Å². The first-order valence-corrected chi connectivity index (χ1v) is 13.8. The molecule has 3 rings (SSSR count). The average molecular weight is 558 g/mol. The molecule has 4 N–H and O–H groups in total. The second-order valence-electron chi connectivity index (χ2n) is 8.66. The Morgan fingerprint density at radius 3 is 2.69 bits per heavy atom. The summed E-state index contributed by atoms with van der Waals surface area (Å²) in [5, 5.41) is 17.1. The fraction of sp³-hybridized carbons (Fsp3) is 0.524. The molecule has 15 heteroatoms. The number of carbonyl (C=O) groups excluding carboxylic acids is 3. The molecule has 2 aliphatic heterocycles. The van der Waals surface area contributed by atoms with E-state index in [2.05, 4.69) is 15.5 Å². The van der Waals surface area contributed by atoms with E-state index >= 15 is 0 Å². The van der Waals surface area contributed by atoms with E-state index in [1.165, 1.54) is 33.8 Å². The summed E-state index contributed by atoms with van der Waals surface area (Å²) in [6.07, 6.45) is 0.862. The topological polar surface area (TPSA) is 174 Å². The summed E-state index contributed by atoms with van der Waals surface area (Å²) in [7, 11) is 0. The van der Waals surface area contributed by atoms with Crippen molar-refractivity contribution in [2.24, 2.45) is 5.16 Å². The maximum atomic E-state index is 13.1. The summed E-state index contributed by atoms with van der Waals surface area (Å²) < 4.78 is 5.14. The van der Waals surface area contributed by atoms with Crippen LogP contribution in [0.2, 0.25) is 0 Å². The molecule has 0 spiro atoms. The highest BCUT2D eigenvalue weighted by molar-refractivity contribution is 8.06. The maximum absolute atomic E-state index is 13.1. The predicted octanol–water partition coefficient (Wildman–Crippen LogP) is 1.63. The van der Waals surface area contributed by atoms with Gasteiger partial charge in [-0.2, -0.15) is 0 Å². The number of hydrogen-bond donors (Lipinski definition) is 3. The molecule has 36 heavy (non-hydrogen) atoms. The summed E-state index contributed by atoms with van der Waals surface area (Å²) in [6.45, 7) is 6.53. The molecule has 0 bridgehead atoms. The highest BCUT2D eigenvalue weighted by atomic mass is 32.2. The molecule has 2 aliphatic rings. The third-order valence-electron chi connectivity index (χ3n) is 4.64. The molecule has 0 aliphatic carbocycles. The van der Waals surface area contributed by atoms with Crippen LogP contribution in [-0.4, -0.2) is 79.6 Å². The maximum Gasteiger partial charge on any atom is 0.353 e. The number of aromatic nitrogens is 1. The Bertz CT molecular complexity index is 1110. The molecular weight excluding hydrogens is 530 g/mol. The number of ether oxygens (including phenoxy) is 1. The minimum Gasteiger partial charge on any atom is -0.477 e. The quantitative estimate of drug-likeness (QED) is 0.165. The van der Waals surface area contributed by atoms with Crippen LogP contribution in [0.4, 0.5) is 5.13 Å². The minimum absolute atomic E-state index is 0.0467. The van der Waals surface area contributed by atoms with Crippen molar-refractivity contribution in [3.05, 3.63) is 21.7 Å². The van der Waals surface area contributed by atoms with Gasteiger partial charge in [0.1, 0.15) is 28.4 Å². The molecule has 1 aromatic rings. The number of anilines is 1. The summed E-state index contributed by atoms with van der Waals surface area (Å²) >= 11 is 3.85. The molecule has 1 fully saturated rings. The van der Waals surface area contributed by atoms with Crippen LogP contribution in [0.1, 0.15) is 39.8 Å². The number of carboxylic acids is 1. The molecule has 1 unspecified atom stereocenters. The molecular formula is C21H27N5O7S3. The Kier molecular flexibility index (Phi) is 8.89. The molecule has 0 saturated carbocycles. The third kappa shape index (κ3) is 6.50. The van der Waals surface area contributed by atoms with Crippen molar-refractivity contribution >= 4 is 69.5 Å². The van der Waals surface area contributed by atoms with E-state index in [9.17, 15) is 24.3 Å². The SMILES string of the molecule is CCCSC1=C(C(=O)O)N2C(=O)C(NC(=O)/C(=N/OCC(=O)OC(C)(C)C)c3csc(N)n3)[C@H]2SC1. The number of nitrogens with one attached hydrogen (secondary N) is 1. The number of thiazole rings is 1. The number of nitrogens with two attached hydrogens (primary N) is 1. The van der Waals surface area contributed by atoms with Crippen LogP contribution >= 0.6 is 34.9 Å². The predicted molar refractivity (Wildman–Crippen MR) is 137 cm³/mol. The lowest BCUT2D eigenvalue weighted by atomic mass is 10.0. The van der Waals surface area contributed by atoms with Crippen LogP contribution in [0.15, 0.2) is 21.1 Å². The van der Waals surface area contributed by atoms with Crippen molar-refractivity contribution in [2.75, 3.05) is 23.8 Å². The Labute approximate surface area is 220 Å². The Hall–Kier alpha value is -2.78. The number of nitrogen functional groups attached to an aromatic ring is 1. The Morgan fingerprint density at radius 2 is 2.11 bits per heavy atom. The first-order chi connectivity index (χ1) is 16.9. The van der Waals surface area contributed by atoms with Crippen LogP contribution in [0.3, 0.4) is 0 Å². The van der Waals surface area contributed by atoms with Gasteiger partial charge in [0.2, 0.25) is 6.61 Å². The van der Waals surface area contributed by atoms with Crippen LogP contribution in [0.25, 0.3) is 0 Å². The van der Waals surface area contributed by atoms with Gasteiger partial charge in [-0.3, -0.25) is 14.5 Å². The number of fused-ring (bicyclic) bond motifs is 1. The van der Waals surface area contributed by atoms with Crippen LogP contribution in [-0.2, 0) is 28.8 Å². The van der Waals surface area contributed by atoms with Crippen molar-refractivity contribution in [1.82, 2.24) is 15.2 Å². The van der Waals surface area contributed by atoms with Crippen LogP contribution in [0.5, 0.6) is 0 Å². The number of β-lactam (4-membered cyclic amide) rings is 1. The zero-order chi connectivity index (χ0) is 26.6. The van der Waals surface area contributed by atoms with E-state index in [1.807, 2.05) is 6.92 Å². The molecule has 1 saturated heterocycles. The van der Waals surface area contributed by atoms with Crippen molar-refractivity contribution in [3.8, 4) is 0 Å². The van der Waals surface area contributed by atoms with Gasteiger partial charge in [0.05, 0.1) is 0 Å². The lowest BCUT2D eigenvalue weighted by Crippen LogP contribution is -2.71. The number of carboxylic acid groups (broad SMARTS) is 1. The second-order valence-corrected chi connectivity index (χ2v) is 11.8. The number of aliphatic carboxylic acids is 1. The molecule has 0 radical (unpaired) electrons. The number of nitrogens with zero attached hydrogens (tertiary/aromatic N) is 3. The second kappa shape index (κ2) is 11.5. The van der Waals surface area contributed by atoms with Gasteiger partial charge >= 0.3 is 11.9 Å². The largest absolute Gasteiger partial charge is 0.477 e. The number of rotatable bonds is 10. The van der Waals surface area contributed by atoms with Gasteiger partial charge in [-0.05, 0) is 32.9 Å². The van der Waals surface area contributed by atoms with Gasteiger partial charge < -0.3 is 25.7 Å². The normalized spacial score (nSPS) is 19.9. The minimum atomic E-state index is -1.19. The van der Waals surface area contributed by atoms with Gasteiger partial charge in [-0.1, -0.05) is 12.1 Å². The summed E-state index contributed by atoms with van der Waals surface area (Å²) in [5.74, 6) is -2.05. The van der Waals surface area contributed by atoms with Crippen LogP contribution in [0, 0.1) is 0 Å². The fourth-order valence-corrected chi connectivity index (χ4v) is 6.31. The van der Waals surface area contributed by atoms with E-state index < -0.39 is 47.4 Å². The average Bonchev–Trinajstić information content (AvgIpc) is 3.22. The van der Waals surface area contributed by atoms with Crippen molar-refractivity contribution < 1.29 is 33.9 Å². The third-order valence-corrected chi connectivity index (χ3v) is 8.08. The summed E-state index contributed by atoms with van der Waals surface area (Å²) in [6, 6.07) is -0.971. The molecule has 3 heterocycles. The highest BCUT2D eigenvalue weighted by Crippen LogP contribution is 2.43. The Balaban J connectivity index is 1.74. The van der Waals surface area contributed by atoms with Gasteiger partial charge in [0.15, 0.2) is 10.8 Å². The van der Waals surface area contributed by atoms with Crippen molar-refractivity contribution in [3.63, 3.8) is 0 Å². The molecule has 1 aromatic heterocycles. The first kappa shape index (κ1) is 27.8. The van der Waals surface area contributed by atoms with Gasteiger partial charge in [0.25, 0.3) is 11.8 Å². The van der Waals surface area contributed by atoms with Gasteiger partial charge in [-0.25, -0.2) is 14.6 Å². The summed E-state index contributed by atoms with van der Waals surface area (Å²) in [4.78, 5) is 60.7. The molecule has 12 nitrogen and oxygen atoms in total. The first-order valence-electron chi connectivity index (χ1n) is 10.9.